The topological polar surface area (TPSA) is 112 Å². The molecule has 0 aliphatic carbocycles. The van der Waals surface area contributed by atoms with Gasteiger partial charge in [-0.2, -0.15) is 5.10 Å². The van der Waals surface area contributed by atoms with Crippen molar-refractivity contribution in [3.63, 3.8) is 0 Å². The molecule has 25 heavy (non-hydrogen) atoms. The first-order valence-corrected chi connectivity index (χ1v) is 8.50. The Morgan fingerprint density at radius 3 is 2.48 bits per heavy atom. The van der Waals surface area contributed by atoms with E-state index >= 15 is 0 Å². The summed E-state index contributed by atoms with van der Waals surface area (Å²) in [6.07, 6.45) is 3.09. The molecule has 130 valence electrons. The molecule has 1 aromatic carbocycles. The van der Waals surface area contributed by atoms with Gasteiger partial charge < -0.3 is 5.73 Å². The van der Waals surface area contributed by atoms with Crippen LogP contribution in [0.2, 0.25) is 0 Å². The Hall–Kier alpha value is -2.68. The molecule has 0 spiro atoms. The molecule has 3 rings (SSSR count). The van der Waals surface area contributed by atoms with Gasteiger partial charge >= 0.3 is 0 Å². The van der Waals surface area contributed by atoms with Crippen LogP contribution in [0.5, 0.6) is 0 Å². The highest BCUT2D eigenvalue weighted by atomic mass is 32.2. The van der Waals surface area contributed by atoms with Gasteiger partial charge in [0.05, 0.1) is 21.6 Å². The monoisotopic (exact) mass is 358 g/mol. The molecule has 8 nitrogen and oxygen atoms in total. The summed E-state index contributed by atoms with van der Waals surface area (Å²) in [6, 6.07) is 6.47. The highest BCUT2D eigenvalue weighted by molar-refractivity contribution is 8.14. The maximum Gasteiger partial charge on any atom is 0.269 e. The number of non-ortho nitro benzene ring substituents is 1. The molecule has 0 fully saturated rings. The molecule has 1 unspecified atom stereocenters. The zero-order valence-corrected chi connectivity index (χ0v) is 14.9. The van der Waals surface area contributed by atoms with Gasteiger partial charge in [0, 0.05) is 17.5 Å². The van der Waals surface area contributed by atoms with Crippen LogP contribution < -0.4 is 5.73 Å². The number of rotatable bonds is 3. The van der Waals surface area contributed by atoms with Gasteiger partial charge in [-0.05, 0) is 5.56 Å². The first-order chi connectivity index (χ1) is 11.8. The second-order valence-corrected chi connectivity index (χ2v) is 7.75. The summed E-state index contributed by atoms with van der Waals surface area (Å²) in [5, 5.41) is 15.4. The maximum atomic E-state index is 10.9. The maximum absolute atomic E-state index is 10.9. The zero-order valence-electron chi connectivity index (χ0n) is 14.1. The van der Waals surface area contributed by atoms with Crippen molar-refractivity contribution < 1.29 is 4.92 Å². The normalized spacial score (nSPS) is 18.2. The number of benzene rings is 1. The quantitative estimate of drug-likeness (QED) is 0.666. The standard InChI is InChI=1S/C16H18N6O2S/c1-16(2,3)14-12(21-9-18-8-19-21)13(25-15(17)20-14)10-4-6-11(7-5-10)22(23)24/h4-9,13H,1-3H3,(H2,17,20). The lowest BCUT2D eigenvalue weighted by Crippen LogP contribution is -2.24. The zero-order chi connectivity index (χ0) is 18.2. The molecule has 1 aliphatic rings. The smallest absolute Gasteiger partial charge is 0.269 e. The van der Waals surface area contributed by atoms with Crippen LogP contribution >= 0.6 is 11.8 Å². The minimum Gasteiger partial charge on any atom is -0.378 e. The first kappa shape index (κ1) is 17.2. The third kappa shape index (κ3) is 3.41. The van der Waals surface area contributed by atoms with Crippen LogP contribution in [0.4, 0.5) is 5.69 Å². The largest absolute Gasteiger partial charge is 0.378 e. The van der Waals surface area contributed by atoms with Crippen LogP contribution in [-0.2, 0) is 0 Å². The molecule has 1 aliphatic heterocycles. The molecule has 9 heteroatoms. The van der Waals surface area contributed by atoms with E-state index in [4.69, 9.17) is 5.73 Å². The van der Waals surface area contributed by atoms with Crippen molar-refractivity contribution in [2.45, 2.75) is 26.0 Å². The summed E-state index contributed by atoms with van der Waals surface area (Å²) in [7, 11) is 0. The fraction of sp³-hybridized carbons (Fsp3) is 0.312. The van der Waals surface area contributed by atoms with Crippen molar-refractivity contribution in [3.05, 3.63) is 58.3 Å². The molecular formula is C16H18N6O2S. The van der Waals surface area contributed by atoms with E-state index in [0.29, 0.717) is 5.17 Å². The van der Waals surface area contributed by atoms with Gasteiger partial charge in [-0.3, -0.25) is 10.1 Å². The second kappa shape index (κ2) is 6.32. The molecular weight excluding hydrogens is 340 g/mol. The minimum atomic E-state index is -0.414. The summed E-state index contributed by atoms with van der Waals surface area (Å²) >= 11 is 1.39. The number of nitrogens with two attached hydrogens (primary N) is 1. The molecule has 2 N–H and O–H groups in total. The van der Waals surface area contributed by atoms with Crippen LogP contribution in [0.3, 0.4) is 0 Å². The lowest BCUT2D eigenvalue weighted by atomic mass is 9.89. The molecule has 1 atom stereocenters. The van der Waals surface area contributed by atoms with Gasteiger partial charge in [0.2, 0.25) is 0 Å². The van der Waals surface area contributed by atoms with Gasteiger partial charge in [-0.25, -0.2) is 14.7 Å². The van der Waals surface area contributed by atoms with E-state index in [1.807, 2.05) is 0 Å². The van der Waals surface area contributed by atoms with Crippen LogP contribution in [-0.4, -0.2) is 24.9 Å². The lowest BCUT2D eigenvalue weighted by molar-refractivity contribution is -0.384. The molecule has 1 aromatic heterocycles. The van der Waals surface area contributed by atoms with Crippen molar-refractivity contribution in [3.8, 4) is 0 Å². The number of amidine groups is 1. The molecule has 0 amide bonds. The van der Waals surface area contributed by atoms with Gasteiger partial charge in [0.15, 0.2) is 5.17 Å². The van der Waals surface area contributed by atoms with Crippen molar-refractivity contribution in [2.75, 3.05) is 0 Å². The molecule has 0 saturated heterocycles. The fourth-order valence-electron chi connectivity index (χ4n) is 2.60. The Labute approximate surface area is 149 Å². The summed E-state index contributed by atoms with van der Waals surface area (Å²) in [5.74, 6) is 0. The highest BCUT2D eigenvalue weighted by Gasteiger charge is 2.34. The lowest BCUT2D eigenvalue weighted by Gasteiger charge is -2.31. The summed E-state index contributed by atoms with van der Waals surface area (Å²) < 4.78 is 1.69. The van der Waals surface area contributed by atoms with Gasteiger partial charge in [0.25, 0.3) is 5.69 Å². The van der Waals surface area contributed by atoms with Crippen molar-refractivity contribution in [1.82, 2.24) is 14.8 Å². The SMILES string of the molecule is CC(C)(C)C1=C(n2cncn2)C(c2ccc([N+](=O)[O-])cc2)SC(N)=N1. The number of hydrogen-bond acceptors (Lipinski definition) is 7. The van der Waals surface area contributed by atoms with Crippen molar-refractivity contribution in [2.24, 2.45) is 16.1 Å². The highest BCUT2D eigenvalue weighted by Crippen LogP contribution is 2.47. The number of hydrogen-bond donors (Lipinski definition) is 1. The number of nitro benzene ring substituents is 1. The number of nitro groups is 1. The second-order valence-electron chi connectivity index (χ2n) is 6.62. The summed E-state index contributed by atoms with van der Waals surface area (Å²) in [6.45, 7) is 6.16. The fourth-order valence-corrected chi connectivity index (χ4v) is 3.61. The third-order valence-electron chi connectivity index (χ3n) is 3.73. The number of nitrogens with zero attached hydrogens (tertiary/aromatic N) is 5. The molecule has 0 bridgehead atoms. The third-order valence-corrected chi connectivity index (χ3v) is 4.80. The Morgan fingerprint density at radius 1 is 1.28 bits per heavy atom. The van der Waals surface area contributed by atoms with Crippen molar-refractivity contribution in [1.29, 1.82) is 0 Å². The van der Waals surface area contributed by atoms with Gasteiger partial charge in [-0.15, -0.1) is 0 Å². The molecule has 0 radical (unpaired) electrons. The van der Waals surface area contributed by atoms with Crippen molar-refractivity contribution >= 4 is 28.3 Å². The van der Waals surface area contributed by atoms with Gasteiger partial charge in [0.1, 0.15) is 12.7 Å². The minimum absolute atomic E-state index is 0.0496. The van der Waals surface area contributed by atoms with Crippen LogP contribution in [0.1, 0.15) is 31.6 Å². The predicted molar refractivity (Wildman–Crippen MR) is 97.7 cm³/mol. The molecule has 2 aromatic rings. The van der Waals surface area contributed by atoms with Gasteiger partial charge in [-0.1, -0.05) is 44.7 Å². The summed E-state index contributed by atoms with van der Waals surface area (Å²) in [5.41, 5.74) is 8.43. The first-order valence-electron chi connectivity index (χ1n) is 7.62. The Balaban J connectivity index is 2.16. The Kier molecular flexibility index (Phi) is 4.34. The van der Waals surface area contributed by atoms with Crippen LogP contribution in [0, 0.1) is 15.5 Å². The number of aromatic nitrogens is 3. The van der Waals surface area contributed by atoms with E-state index < -0.39 is 4.92 Å². The van der Waals surface area contributed by atoms with Crippen LogP contribution in [0.25, 0.3) is 5.70 Å². The predicted octanol–water partition coefficient (Wildman–Crippen LogP) is 3.20. The average Bonchev–Trinajstić information content (AvgIpc) is 3.07. The molecule has 0 saturated carbocycles. The molecule has 2 heterocycles. The van der Waals surface area contributed by atoms with E-state index in [1.54, 1.807) is 23.1 Å². The van der Waals surface area contributed by atoms with E-state index in [0.717, 1.165) is 17.0 Å². The van der Waals surface area contributed by atoms with E-state index in [9.17, 15) is 10.1 Å². The summed E-state index contributed by atoms with van der Waals surface area (Å²) in [4.78, 5) is 19.1. The van der Waals surface area contributed by atoms with E-state index in [2.05, 4.69) is 35.8 Å². The van der Waals surface area contributed by atoms with Crippen LogP contribution in [0.15, 0.2) is 47.6 Å². The van der Waals surface area contributed by atoms with E-state index in [-0.39, 0.29) is 16.4 Å². The number of aliphatic imine (C=N–C) groups is 1. The average molecular weight is 358 g/mol. The van der Waals surface area contributed by atoms with E-state index in [1.165, 1.54) is 30.2 Å². The number of allylic oxidation sites excluding steroid dienone is 1. The number of thioether (sulfide) groups is 1. The Bertz CT molecular complexity index is 850. The Morgan fingerprint density at radius 2 is 1.96 bits per heavy atom.